The molecule has 0 fully saturated rings. The Hall–Kier alpha value is -1.50. The highest BCUT2D eigenvalue weighted by Gasteiger charge is 2.33. The molecular weight excluding hydrogens is 220 g/mol. The van der Waals surface area contributed by atoms with Gasteiger partial charge in [0.05, 0.1) is 18.9 Å². The number of aliphatic carboxylic acids is 1. The van der Waals surface area contributed by atoms with E-state index in [2.05, 4.69) is 5.92 Å². The summed E-state index contributed by atoms with van der Waals surface area (Å²) in [6, 6.07) is 0. The lowest BCUT2D eigenvalue weighted by Gasteiger charge is -2.26. The number of carbonyl (C=O) groups is 2. The van der Waals surface area contributed by atoms with Crippen LogP contribution in [0, 0.1) is 23.7 Å². The summed E-state index contributed by atoms with van der Waals surface area (Å²) in [5, 5.41) is 9.03. The van der Waals surface area contributed by atoms with Gasteiger partial charge in [-0.05, 0) is 11.8 Å². The van der Waals surface area contributed by atoms with Crippen molar-refractivity contribution >= 4 is 11.9 Å². The van der Waals surface area contributed by atoms with E-state index in [0.29, 0.717) is 12.8 Å². The summed E-state index contributed by atoms with van der Waals surface area (Å²) in [5.41, 5.74) is -0.469. The highest BCUT2D eigenvalue weighted by molar-refractivity contribution is 5.79. The van der Waals surface area contributed by atoms with Gasteiger partial charge in [-0.15, -0.1) is 12.3 Å². The van der Waals surface area contributed by atoms with Gasteiger partial charge in [0.1, 0.15) is 0 Å². The summed E-state index contributed by atoms with van der Waals surface area (Å²) in [7, 11) is 0. The van der Waals surface area contributed by atoms with E-state index in [-0.39, 0.29) is 13.0 Å². The van der Waals surface area contributed by atoms with Crippen LogP contribution in [-0.2, 0) is 14.3 Å². The van der Waals surface area contributed by atoms with Gasteiger partial charge < -0.3 is 9.84 Å². The van der Waals surface area contributed by atoms with E-state index in [1.165, 1.54) is 0 Å². The minimum Gasteiger partial charge on any atom is -0.481 e. The van der Waals surface area contributed by atoms with Crippen molar-refractivity contribution in [1.29, 1.82) is 0 Å². The second-order valence-electron chi connectivity index (χ2n) is 4.99. The number of carboxylic acid groups (broad SMARTS) is 1. The Morgan fingerprint density at radius 1 is 1.41 bits per heavy atom. The standard InChI is InChI=1S/C13H20O4/c1-5-6-7-8-17-11(14)9-10(12(15)16)13(2,3)4/h1,10H,6-9H2,2-4H3,(H,15,16)/t10-/m1/s1. The van der Waals surface area contributed by atoms with Crippen LogP contribution in [0.3, 0.4) is 0 Å². The van der Waals surface area contributed by atoms with Crippen LogP contribution in [-0.4, -0.2) is 23.7 Å². The molecule has 0 spiro atoms. The van der Waals surface area contributed by atoms with Gasteiger partial charge in [0, 0.05) is 6.42 Å². The molecule has 0 aromatic heterocycles. The first kappa shape index (κ1) is 15.5. The maximum Gasteiger partial charge on any atom is 0.307 e. The molecule has 0 unspecified atom stereocenters. The van der Waals surface area contributed by atoms with E-state index in [0.717, 1.165) is 0 Å². The molecule has 0 aromatic carbocycles. The summed E-state index contributed by atoms with van der Waals surface area (Å²) >= 11 is 0. The zero-order valence-electron chi connectivity index (χ0n) is 10.7. The van der Waals surface area contributed by atoms with Crippen LogP contribution in [0.1, 0.15) is 40.0 Å². The maximum atomic E-state index is 11.4. The van der Waals surface area contributed by atoms with E-state index < -0.39 is 23.3 Å². The average molecular weight is 240 g/mol. The first-order valence-corrected chi connectivity index (χ1v) is 5.61. The minimum absolute atomic E-state index is 0.102. The number of hydrogen-bond donors (Lipinski definition) is 1. The van der Waals surface area contributed by atoms with Crippen LogP contribution >= 0.6 is 0 Å². The number of terminal acetylenes is 1. The largest absolute Gasteiger partial charge is 0.481 e. The van der Waals surface area contributed by atoms with Crippen molar-refractivity contribution in [3.63, 3.8) is 0 Å². The van der Waals surface area contributed by atoms with Crippen molar-refractivity contribution in [2.45, 2.75) is 40.0 Å². The molecule has 1 atom stereocenters. The third kappa shape index (κ3) is 6.62. The fraction of sp³-hybridized carbons (Fsp3) is 0.692. The van der Waals surface area contributed by atoms with Crippen molar-refractivity contribution in [2.24, 2.45) is 11.3 Å². The quantitative estimate of drug-likeness (QED) is 0.438. The zero-order valence-corrected chi connectivity index (χ0v) is 10.7. The molecule has 4 nitrogen and oxygen atoms in total. The Kier molecular flexibility index (Phi) is 6.34. The third-order valence-electron chi connectivity index (χ3n) is 2.44. The van der Waals surface area contributed by atoms with Crippen molar-refractivity contribution in [1.82, 2.24) is 0 Å². The number of ether oxygens (including phenoxy) is 1. The predicted molar refractivity (Wildman–Crippen MR) is 64.2 cm³/mol. The Labute approximate surface area is 102 Å². The summed E-state index contributed by atoms with van der Waals surface area (Å²) in [4.78, 5) is 22.5. The molecule has 0 aliphatic heterocycles. The molecule has 1 N–H and O–H groups in total. The summed E-state index contributed by atoms with van der Waals surface area (Å²) < 4.78 is 4.92. The topological polar surface area (TPSA) is 63.6 Å². The Balaban J connectivity index is 4.16. The zero-order chi connectivity index (χ0) is 13.5. The number of hydrogen-bond acceptors (Lipinski definition) is 3. The molecule has 96 valence electrons. The van der Waals surface area contributed by atoms with Crippen molar-refractivity contribution in [3.8, 4) is 12.3 Å². The third-order valence-corrected chi connectivity index (χ3v) is 2.44. The maximum absolute atomic E-state index is 11.4. The first-order valence-electron chi connectivity index (χ1n) is 5.61. The van der Waals surface area contributed by atoms with Gasteiger partial charge in [0.25, 0.3) is 0 Å². The van der Waals surface area contributed by atoms with Gasteiger partial charge in [-0.3, -0.25) is 9.59 Å². The molecule has 0 bridgehead atoms. The van der Waals surface area contributed by atoms with Crippen LogP contribution in [0.25, 0.3) is 0 Å². The normalized spacial score (nSPS) is 12.6. The lowest BCUT2D eigenvalue weighted by Crippen LogP contribution is -2.31. The molecule has 0 heterocycles. The van der Waals surface area contributed by atoms with E-state index >= 15 is 0 Å². The lowest BCUT2D eigenvalue weighted by molar-refractivity contribution is -0.155. The molecule has 0 rings (SSSR count). The molecule has 0 aliphatic carbocycles. The van der Waals surface area contributed by atoms with Gasteiger partial charge in [0.15, 0.2) is 0 Å². The van der Waals surface area contributed by atoms with Crippen molar-refractivity contribution in [2.75, 3.05) is 6.61 Å². The van der Waals surface area contributed by atoms with Gasteiger partial charge in [0.2, 0.25) is 0 Å². The average Bonchev–Trinajstić information content (AvgIpc) is 2.19. The highest BCUT2D eigenvalue weighted by atomic mass is 16.5. The van der Waals surface area contributed by atoms with Gasteiger partial charge in [-0.25, -0.2) is 0 Å². The second-order valence-corrected chi connectivity index (χ2v) is 4.99. The SMILES string of the molecule is C#CCCCOC(=O)C[C@H](C(=O)O)C(C)(C)C. The fourth-order valence-corrected chi connectivity index (χ4v) is 1.35. The molecule has 0 amide bonds. The Bertz CT molecular complexity index is 306. The van der Waals surface area contributed by atoms with Gasteiger partial charge in [-0.1, -0.05) is 20.8 Å². The number of esters is 1. The highest BCUT2D eigenvalue weighted by Crippen LogP contribution is 2.29. The van der Waals surface area contributed by atoms with Gasteiger partial charge >= 0.3 is 11.9 Å². The molecule has 0 aliphatic rings. The Morgan fingerprint density at radius 2 is 2.00 bits per heavy atom. The summed E-state index contributed by atoms with van der Waals surface area (Å²) in [6.07, 6.45) is 6.11. The number of rotatable bonds is 6. The van der Waals surface area contributed by atoms with Gasteiger partial charge in [-0.2, -0.15) is 0 Å². The van der Waals surface area contributed by atoms with Crippen LogP contribution in [0.15, 0.2) is 0 Å². The summed E-state index contributed by atoms with van der Waals surface area (Å²) in [6.45, 7) is 5.62. The van der Waals surface area contributed by atoms with Crippen LogP contribution in [0.5, 0.6) is 0 Å². The van der Waals surface area contributed by atoms with E-state index in [1.54, 1.807) is 20.8 Å². The molecule has 0 radical (unpaired) electrons. The lowest BCUT2D eigenvalue weighted by atomic mass is 9.79. The number of carbonyl (C=O) groups excluding carboxylic acids is 1. The minimum atomic E-state index is -0.974. The van der Waals surface area contributed by atoms with Crippen LogP contribution < -0.4 is 0 Å². The molecule has 0 saturated carbocycles. The van der Waals surface area contributed by atoms with Crippen LogP contribution in [0.4, 0.5) is 0 Å². The van der Waals surface area contributed by atoms with E-state index in [1.807, 2.05) is 0 Å². The molecule has 4 heteroatoms. The van der Waals surface area contributed by atoms with E-state index in [4.69, 9.17) is 16.3 Å². The predicted octanol–water partition coefficient (Wildman–Crippen LogP) is 2.08. The Morgan fingerprint density at radius 3 is 2.41 bits per heavy atom. The fourth-order valence-electron chi connectivity index (χ4n) is 1.35. The number of unbranched alkanes of at least 4 members (excludes halogenated alkanes) is 1. The smallest absolute Gasteiger partial charge is 0.307 e. The molecular formula is C13H20O4. The summed E-state index contributed by atoms with van der Waals surface area (Å²) in [5.74, 6) is 0.250. The second kappa shape index (κ2) is 6.95. The molecule has 17 heavy (non-hydrogen) atoms. The molecule has 0 aromatic rings. The van der Waals surface area contributed by atoms with Crippen LogP contribution in [0.2, 0.25) is 0 Å². The van der Waals surface area contributed by atoms with Crippen molar-refractivity contribution in [3.05, 3.63) is 0 Å². The van der Waals surface area contributed by atoms with Crippen molar-refractivity contribution < 1.29 is 19.4 Å². The molecule has 0 saturated heterocycles. The number of carboxylic acids is 1. The monoisotopic (exact) mass is 240 g/mol. The van der Waals surface area contributed by atoms with E-state index in [9.17, 15) is 9.59 Å². The first-order chi connectivity index (χ1) is 7.79.